The van der Waals surface area contributed by atoms with Gasteiger partial charge < -0.3 is 9.73 Å². The smallest absolute Gasteiger partial charge is 0.137 e. The molecular formula is C14H18ClNO. The van der Waals surface area contributed by atoms with Gasteiger partial charge in [0, 0.05) is 16.0 Å². The summed E-state index contributed by atoms with van der Waals surface area (Å²) in [4.78, 5) is 0. The molecule has 2 rings (SSSR count). The van der Waals surface area contributed by atoms with Crippen LogP contribution >= 0.6 is 11.6 Å². The number of hydrogen-bond acceptors (Lipinski definition) is 2. The van der Waals surface area contributed by atoms with Crippen LogP contribution in [0.4, 0.5) is 0 Å². The average Bonchev–Trinajstić information content (AvgIpc) is 2.59. The molecule has 0 spiro atoms. The normalized spacial score (nSPS) is 11.3. The Labute approximate surface area is 107 Å². The molecule has 0 bridgehead atoms. The minimum atomic E-state index is 0.765. The van der Waals surface area contributed by atoms with Crippen LogP contribution in [0.15, 0.2) is 16.5 Å². The zero-order valence-electron chi connectivity index (χ0n) is 10.6. The summed E-state index contributed by atoms with van der Waals surface area (Å²) >= 11 is 6.13. The summed E-state index contributed by atoms with van der Waals surface area (Å²) in [6.45, 7) is 4.98. The Kier molecular flexibility index (Phi) is 3.75. The molecule has 0 aliphatic carbocycles. The van der Waals surface area contributed by atoms with Crippen molar-refractivity contribution in [2.75, 3.05) is 7.05 Å². The maximum Gasteiger partial charge on any atom is 0.137 e. The number of furan rings is 1. The van der Waals surface area contributed by atoms with Crippen LogP contribution in [-0.2, 0) is 13.0 Å². The van der Waals surface area contributed by atoms with E-state index in [1.165, 1.54) is 10.9 Å². The van der Waals surface area contributed by atoms with Gasteiger partial charge in [0.15, 0.2) is 0 Å². The molecule has 0 aliphatic heterocycles. The van der Waals surface area contributed by atoms with Crippen LogP contribution < -0.4 is 5.32 Å². The molecule has 2 aromatic rings. The summed E-state index contributed by atoms with van der Waals surface area (Å²) in [7, 11) is 1.93. The molecule has 1 aromatic carbocycles. The Morgan fingerprint density at radius 1 is 1.35 bits per heavy atom. The molecule has 0 atom stereocenters. The Balaban J connectivity index is 2.66. The first-order valence-electron chi connectivity index (χ1n) is 6.02. The lowest BCUT2D eigenvalue weighted by Crippen LogP contribution is -2.05. The predicted octanol–water partition coefficient (Wildman–Crippen LogP) is 4.07. The molecule has 1 N–H and O–H groups in total. The molecule has 92 valence electrons. The third-order valence-corrected chi connectivity index (χ3v) is 3.18. The highest BCUT2D eigenvalue weighted by molar-refractivity contribution is 6.31. The molecule has 0 unspecified atom stereocenters. The fraction of sp³-hybridized carbons (Fsp3) is 0.429. The molecule has 2 nitrogen and oxygen atoms in total. The standard InChI is InChI=1S/C14H18ClNO/c1-4-5-11-12-7-10(15)6-9(2)14(12)17-13(11)8-16-3/h6-7,16H,4-5,8H2,1-3H3. The Bertz CT molecular complexity index is 530. The second-order valence-corrected chi connectivity index (χ2v) is 4.82. The van der Waals surface area contributed by atoms with Crippen LogP contribution in [-0.4, -0.2) is 7.05 Å². The minimum Gasteiger partial charge on any atom is -0.459 e. The van der Waals surface area contributed by atoms with E-state index in [1.54, 1.807) is 0 Å². The molecule has 0 saturated carbocycles. The van der Waals surface area contributed by atoms with Gasteiger partial charge in [0.2, 0.25) is 0 Å². The summed E-state index contributed by atoms with van der Waals surface area (Å²) in [5.74, 6) is 1.04. The first-order chi connectivity index (χ1) is 8.17. The number of halogens is 1. The van der Waals surface area contributed by atoms with Gasteiger partial charge in [-0.3, -0.25) is 0 Å². The largest absolute Gasteiger partial charge is 0.459 e. The van der Waals surface area contributed by atoms with Crippen molar-refractivity contribution < 1.29 is 4.42 Å². The first kappa shape index (κ1) is 12.5. The molecule has 0 saturated heterocycles. The summed E-state index contributed by atoms with van der Waals surface area (Å²) in [6, 6.07) is 3.96. The van der Waals surface area contributed by atoms with Crippen molar-refractivity contribution in [3.8, 4) is 0 Å². The van der Waals surface area contributed by atoms with Gasteiger partial charge in [0.1, 0.15) is 11.3 Å². The third-order valence-electron chi connectivity index (χ3n) is 2.96. The number of nitrogens with one attached hydrogen (secondary N) is 1. The lowest BCUT2D eigenvalue weighted by atomic mass is 10.0. The molecule has 0 amide bonds. The fourth-order valence-corrected chi connectivity index (χ4v) is 2.52. The van der Waals surface area contributed by atoms with E-state index < -0.39 is 0 Å². The number of fused-ring (bicyclic) bond motifs is 1. The monoisotopic (exact) mass is 251 g/mol. The van der Waals surface area contributed by atoms with Crippen molar-refractivity contribution in [2.24, 2.45) is 0 Å². The van der Waals surface area contributed by atoms with Gasteiger partial charge in [-0.15, -0.1) is 0 Å². The molecule has 1 heterocycles. The number of benzene rings is 1. The highest BCUT2D eigenvalue weighted by atomic mass is 35.5. The number of aryl methyl sites for hydroxylation is 2. The van der Waals surface area contributed by atoms with Gasteiger partial charge in [-0.1, -0.05) is 24.9 Å². The highest BCUT2D eigenvalue weighted by Gasteiger charge is 2.15. The van der Waals surface area contributed by atoms with Gasteiger partial charge in [0.25, 0.3) is 0 Å². The molecule has 0 aliphatic rings. The molecular weight excluding hydrogens is 234 g/mol. The lowest BCUT2D eigenvalue weighted by molar-refractivity contribution is 0.522. The fourth-order valence-electron chi connectivity index (χ4n) is 2.25. The van der Waals surface area contributed by atoms with Crippen molar-refractivity contribution in [1.82, 2.24) is 5.32 Å². The van der Waals surface area contributed by atoms with Crippen LogP contribution in [0.1, 0.15) is 30.2 Å². The SMILES string of the molecule is CCCc1c(CNC)oc2c(C)cc(Cl)cc12. The van der Waals surface area contributed by atoms with Gasteiger partial charge in [-0.2, -0.15) is 0 Å². The first-order valence-corrected chi connectivity index (χ1v) is 6.40. The van der Waals surface area contributed by atoms with Gasteiger partial charge >= 0.3 is 0 Å². The molecule has 1 aromatic heterocycles. The zero-order chi connectivity index (χ0) is 12.4. The third kappa shape index (κ3) is 2.33. The maximum atomic E-state index is 6.13. The topological polar surface area (TPSA) is 25.2 Å². The zero-order valence-corrected chi connectivity index (χ0v) is 11.3. The predicted molar refractivity (Wildman–Crippen MR) is 72.7 cm³/mol. The minimum absolute atomic E-state index is 0.765. The van der Waals surface area contributed by atoms with Crippen LogP contribution in [0.5, 0.6) is 0 Å². The molecule has 0 fully saturated rings. The Morgan fingerprint density at radius 2 is 2.12 bits per heavy atom. The quantitative estimate of drug-likeness (QED) is 0.886. The average molecular weight is 252 g/mol. The van der Waals surface area contributed by atoms with Gasteiger partial charge in [0.05, 0.1) is 6.54 Å². The van der Waals surface area contributed by atoms with Crippen molar-refractivity contribution in [3.63, 3.8) is 0 Å². The number of hydrogen-bond donors (Lipinski definition) is 1. The van der Waals surface area contributed by atoms with Crippen LogP contribution in [0.25, 0.3) is 11.0 Å². The van der Waals surface area contributed by atoms with E-state index in [-0.39, 0.29) is 0 Å². The van der Waals surface area contributed by atoms with E-state index in [2.05, 4.69) is 12.2 Å². The van der Waals surface area contributed by atoms with E-state index in [4.69, 9.17) is 16.0 Å². The van der Waals surface area contributed by atoms with Gasteiger partial charge in [-0.25, -0.2) is 0 Å². The van der Waals surface area contributed by atoms with E-state index >= 15 is 0 Å². The Morgan fingerprint density at radius 3 is 2.76 bits per heavy atom. The van der Waals surface area contributed by atoms with Crippen molar-refractivity contribution in [3.05, 3.63) is 34.0 Å². The van der Waals surface area contributed by atoms with Crippen LogP contribution in [0, 0.1) is 6.92 Å². The summed E-state index contributed by atoms with van der Waals surface area (Å²) in [5.41, 5.74) is 3.37. The summed E-state index contributed by atoms with van der Waals surface area (Å²) in [6.07, 6.45) is 2.14. The van der Waals surface area contributed by atoms with Crippen molar-refractivity contribution in [1.29, 1.82) is 0 Å². The number of rotatable bonds is 4. The van der Waals surface area contributed by atoms with Crippen molar-refractivity contribution >= 4 is 22.6 Å². The second-order valence-electron chi connectivity index (χ2n) is 4.38. The maximum absolute atomic E-state index is 6.13. The van der Waals surface area contributed by atoms with E-state index in [0.29, 0.717) is 0 Å². The van der Waals surface area contributed by atoms with Crippen molar-refractivity contribution in [2.45, 2.75) is 33.2 Å². The highest BCUT2D eigenvalue weighted by Crippen LogP contribution is 2.32. The van der Waals surface area contributed by atoms with E-state index in [9.17, 15) is 0 Å². The summed E-state index contributed by atoms with van der Waals surface area (Å²) < 4.78 is 5.96. The van der Waals surface area contributed by atoms with Gasteiger partial charge in [-0.05, 0) is 38.1 Å². The molecule has 3 heteroatoms. The second kappa shape index (κ2) is 5.11. The Hall–Kier alpha value is -0.990. The summed E-state index contributed by atoms with van der Waals surface area (Å²) in [5, 5.41) is 5.10. The van der Waals surface area contributed by atoms with E-state index in [0.717, 1.165) is 41.3 Å². The lowest BCUT2D eigenvalue weighted by Gasteiger charge is -2.00. The molecule has 17 heavy (non-hydrogen) atoms. The van der Waals surface area contributed by atoms with Crippen LogP contribution in [0.2, 0.25) is 5.02 Å². The van der Waals surface area contributed by atoms with E-state index in [1.807, 2.05) is 26.1 Å². The van der Waals surface area contributed by atoms with Crippen LogP contribution in [0.3, 0.4) is 0 Å². The molecule has 0 radical (unpaired) electrons.